The van der Waals surface area contributed by atoms with Gasteiger partial charge in [0, 0.05) is 12.1 Å². The van der Waals surface area contributed by atoms with Gasteiger partial charge in [0.05, 0.1) is 13.2 Å². The van der Waals surface area contributed by atoms with E-state index in [-0.39, 0.29) is 31.9 Å². The van der Waals surface area contributed by atoms with Gasteiger partial charge in [-0.25, -0.2) is 9.59 Å². The number of benzene rings is 1. The third-order valence-electron chi connectivity index (χ3n) is 2.60. The highest BCUT2D eigenvalue weighted by atomic mass is 16.6. The molecule has 0 spiro atoms. The van der Waals surface area contributed by atoms with Crippen molar-refractivity contribution in [3.63, 3.8) is 0 Å². The molecule has 24 heavy (non-hydrogen) atoms. The molecular formula is C17H23NO6. The Morgan fingerprint density at radius 3 is 2.29 bits per heavy atom. The first kappa shape index (κ1) is 19.6. The van der Waals surface area contributed by atoms with Crippen LogP contribution in [0, 0.1) is 0 Å². The summed E-state index contributed by atoms with van der Waals surface area (Å²) in [5, 5.41) is 2.53. The summed E-state index contributed by atoms with van der Waals surface area (Å²) in [5.41, 5.74) is -0.269. The van der Waals surface area contributed by atoms with Gasteiger partial charge in [0.2, 0.25) is 0 Å². The number of carbonyl (C=O) groups is 3. The topological polar surface area (TPSA) is 90.9 Å². The van der Waals surface area contributed by atoms with Crippen LogP contribution in [0.4, 0.5) is 4.79 Å². The highest BCUT2D eigenvalue weighted by Gasteiger charge is 2.17. The molecule has 0 radical (unpaired) electrons. The maximum Gasteiger partial charge on any atom is 0.407 e. The number of ketones is 1. The average molecular weight is 337 g/mol. The molecule has 0 saturated heterocycles. The molecule has 1 amide bonds. The van der Waals surface area contributed by atoms with E-state index < -0.39 is 23.4 Å². The van der Waals surface area contributed by atoms with Gasteiger partial charge in [-0.05, 0) is 20.8 Å². The monoisotopic (exact) mass is 337 g/mol. The van der Waals surface area contributed by atoms with Gasteiger partial charge in [0.15, 0.2) is 0 Å². The summed E-state index contributed by atoms with van der Waals surface area (Å²) in [4.78, 5) is 34.6. The first-order chi connectivity index (χ1) is 11.3. The molecule has 0 aliphatic heterocycles. The van der Waals surface area contributed by atoms with E-state index in [4.69, 9.17) is 14.2 Å². The number of nitrogens with one attached hydrogen (secondary N) is 1. The minimum Gasteiger partial charge on any atom is -0.457 e. The molecule has 1 rings (SSSR count). The third kappa shape index (κ3) is 8.28. The van der Waals surface area contributed by atoms with E-state index in [1.807, 2.05) is 0 Å². The van der Waals surface area contributed by atoms with Crippen LogP contribution in [0.3, 0.4) is 0 Å². The first-order valence-electron chi connectivity index (χ1n) is 7.61. The second-order valence-electron chi connectivity index (χ2n) is 5.87. The molecule has 0 heterocycles. The number of hydrogen-bond acceptors (Lipinski definition) is 6. The van der Waals surface area contributed by atoms with Gasteiger partial charge in [-0.3, -0.25) is 4.79 Å². The zero-order valence-electron chi connectivity index (χ0n) is 14.2. The van der Waals surface area contributed by atoms with Crippen LogP contribution in [-0.2, 0) is 19.0 Å². The lowest BCUT2D eigenvalue weighted by atomic mass is 10.1. The lowest BCUT2D eigenvalue weighted by molar-refractivity contribution is -0.139. The van der Waals surface area contributed by atoms with Crippen molar-refractivity contribution in [2.75, 3.05) is 26.4 Å². The number of esters is 1. The van der Waals surface area contributed by atoms with E-state index in [0.717, 1.165) is 0 Å². The molecule has 0 atom stereocenters. The van der Waals surface area contributed by atoms with E-state index in [9.17, 15) is 14.4 Å². The van der Waals surface area contributed by atoms with Gasteiger partial charge < -0.3 is 19.5 Å². The maximum absolute atomic E-state index is 11.7. The van der Waals surface area contributed by atoms with Gasteiger partial charge in [-0.1, -0.05) is 30.3 Å². The van der Waals surface area contributed by atoms with Crippen LogP contribution in [-0.4, -0.2) is 49.8 Å². The Hall–Kier alpha value is -2.41. The Kier molecular flexibility index (Phi) is 7.91. The molecule has 7 heteroatoms. The van der Waals surface area contributed by atoms with Crippen molar-refractivity contribution in [2.45, 2.75) is 26.4 Å². The van der Waals surface area contributed by atoms with E-state index in [0.29, 0.717) is 0 Å². The molecule has 0 aliphatic carbocycles. The minimum absolute atomic E-state index is 0.0379. The fraction of sp³-hybridized carbons (Fsp3) is 0.471. The molecule has 0 aromatic heterocycles. The number of Topliss-reactive ketones (excluding diaryl/α,β-unsaturated/α-hetero) is 1. The standard InChI is InChI=1S/C17H23NO6/c1-17(2,3)24-16(21)18-9-10-22-11-12-23-15(20)14(19)13-7-5-4-6-8-13/h4-8H,9-12H2,1-3H3,(H,18,21). The molecular weight excluding hydrogens is 314 g/mol. The van der Waals surface area contributed by atoms with Crippen molar-refractivity contribution >= 4 is 17.8 Å². The summed E-state index contributed by atoms with van der Waals surface area (Å²) in [6.45, 7) is 5.92. The molecule has 1 aromatic rings. The van der Waals surface area contributed by atoms with Crippen LogP contribution in [0.5, 0.6) is 0 Å². The van der Waals surface area contributed by atoms with Gasteiger partial charge >= 0.3 is 12.1 Å². The molecule has 0 bridgehead atoms. The molecule has 0 aliphatic rings. The Labute approximate surface area is 141 Å². The molecule has 132 valence electrons. The number of hydrogen-bond donors (Lipinski definition) is 1. The highest BCUT2D eigenvalue weighted by Crippen LogP contribution is 2.06. The van der Waals surface area contributed by atoms with Crippen molar-refractivity contribution in [3.8, 4) is 0 Å². The van der Waals surface area contributed by atoms with Crippen LogP contribution >= 0.6 is 0 Å². The van der Waals surface area contributed by atoms with Gasteiger partial charge in [0.1, 0.15) is 12.2 Å². The van der Waals surface area contributed by atoms with E-state index in [2.05, 4.69) is 5.32 Å². The van der Waals surface area contributed by atoms with Crippen molar-refractivity contribution in [1.82, 2.24) is 5.32 Å². The summed E-state index contributed by atoms with van der Waals surface area (Å²) in [6, 6.07) is 8.18. The number of amides is 1. The Morgan fingerprint density at radius 2 is 1.67 bits per heavy atom. The van der Waals surface area contributed by atoms with Crippen molar-refractivity contribution in [1.29, 1.82) is 0 Å². The van der Waals surface area contributed by atoms with Crippen molar-refractivity contribution in [3.05, 3.63) is 35.9 Å². The van der Waals surface area contributed by atoms with Crippen molar-refractivity contribution in [2.24, 2.45) is 0 Å². The van der Waals surface area contributed by atoms with E-state index in [1.165, 1.54) is 0 Å². The predicted molar refractivity (Wildman–Crippen MR) is 86.8 cm³/mol. The number of ether oxygens (including phenoxy) is 3. The second-order valence-corrected chi connectivity index (χ2v) is 5.87. The largest absolute Gasteiger partial charge is 0.457 e. The van der Waals surface area contributed by atoms with E-state index in [1.54, 1.807) is 51.1 Å². The number of rotatable bonds is 8. The number of carbonyl (C=O) groups excluding carboxylic acids is 3. The van der Waals surface area contributed by atoms with Crippen LogP contribution < -0.4 is 5.32 Å². The smallest absolute Gasteiger partial charge is 0.407 e. The van der Waals surface area contributed by atoms with Crippen LogP contribution in [0.1, 0.15) is 31.1 Å². The molecule has 1 N–H and O–H groups in total. The number of alkyl carbamates (subject to hydrolysis) is 1. The second kappa shape index (κ2) is 9.67. The average Bonchev–Trinajstić information content (AvgIpc) is 2.52. The van der Waals surface area contributed by atoms with Crippen LogP contribution in [0.2, 0.25) is 0 Å². The summed E-state index contributed by atoms with van der Waals surface area (Å²) in [5.74, 6) is -1.61. The van der Waals surface area contributed by atoms with Crippen molar-refractivity contribution < 1.29 is 28.6 Å². The van der Waals surface area contributed by atoms with Gasteiger partial charge in [0.25, 0.3) is 5.78 Å². The summed E-state index contributed by atoms with van der Waals surface area (Å²) < 4.78 is 15.1. The minimum atomic E-state index is -0.920. The quantitative estimate of drug-likeness (QED) is 0.337. The molecule has 0 fully saturated rings. The zero-order valence-corrected chi connectivity index (χ0v) is 14.2. The summed E-state index contributed by atoms with van der Waals surface area (Å²) in [7, 11) is 0. The molecule has 7 nitrogen and oxygen atoms in total. The zero-order chi connectivity index (χ0) is 18.0. The lowest BCUT2D eigenvalue weighted by Crippen LogP contribution is -2.34. The molecule has 1 aromatic carbocycles. The molecule has 0 unspecified atom stereocenters. The highest BCUT2D eigenvalue weighted by molar-refractivity contribution is 6.40. The Bertz CT molecular complexity index is 550. The summed E-state index contributed by atoms with van der Waals surface area (Å²) >= 11 is 0. The normalized spacial score (nSPS) is 10.8. The predicted octanol–water partition coefficient (Wildman–Crippen LogP) is 1.95. The molecule has 0 saturated carbocycles. The third-order valence-corrected chi connectivity index (χ3v) is 2.60. The fourth-order valence-corrected chi connectivity index (χ4v) is 1.61. The SMILES string of the molecule is CC(C)(C)OC(=O)NCCOCCOC(=O)C(=O)c1ccccc1. The maximum atomic E-state index is 11.7. The Balaban J connectivity index is 2.09. The Morgan fingerprint density at radius 1 is 1.00 bits per heavy atom. The lowest BCUT2D eigenvalue weighted by Gasteiger charge is -2.19. The fourth-order valence-electron chi connectivity index (χ4n) is 1.61. The summed E-state index contributed by atoms with van der Waals surface area (Å²) in [6.07, 6.45) is -0.522. The first-order valence-corrected chi connectivity index (χ1v) is 7.61. The van der Waals surface area contributed by atoms with Gasteiger partial charge in [-0.2, -0.15) is 0 Å². The van der Waals surface area contributed by atoms with Gasteiger partial charge in [-0.15, -0.1) is 0 Å². The van der Waals surface area contributed by atoms with Crippen LogP contribution in [0.15, 0.2) is 30.3 Å². The van der Waals surface area contributed by atoms with E-state index >= 15 is 0 Å². The van der Waals surface area contributed by atoms with Crippen LogP contribution in [0.25, 0.3) is 0 Å².